The van der Waals surface area contributed by atoms with Crippen LogP contribution in [-0.4, -0.2) is 5.78 Å². The van der Waals surface area contributed by atoms with Crippen molar-refractivity contribution in [3.05, 3.63) is 69.7 Å². The number of benzene rings is 2. The van der Waals surface area contributed by atoms with Crippen LogP contribution in [0.3, 0.4) is 0 Å². The molecule has 2 aromatic rings. The molecule has 0 saturated carbocycles. The molecule has 0 aliphatic rings. The molecule has 2 aromatic carbocycles. The highest BCUT2D eigenvalue weighted by Gasteiger charge is 2.26. The summed E-state index contributed by atoms with van der Waals surface area (Å²) in [5.74, 6) is -3.19. The molecule has 0 radical (unpaired) electrons. The first-order valence-electron chi connectivity index (χ1n) is 5.68. The van der Waals surface area contributed by atoms with Crippen LogP contribution < -0.4 is 0 Å². The van der Waals surface area contributed by atoms with Gasteiger partial charge in [-0.25, -0.2) is 8.78 Å². The van der Waals surface area contributed by atoms with Gasteiger partial charge in [0, 0.05) is 15.6 Å². The van der Waals surface area contributed by atoms with Crippen molar-refractivity contribution < 1.29 is 13.6 Å². The van der Waals surface area contributed by atoms with Crippen LogP contribution in [-0.2, 0) is 0 Å². The molecule has 1 atom stereocenters. The first-order valence-corrected chi connectivity index (χ1v) is 6.47. The highest BCUT2D eigenvalue weighted by Crippen LogP contribution is 2.27. The van der Waals surface area contributed by atoms with Gasteiger partial charge in [-0.3, -0.25) is 4.79 Å². The zero-order valence-electron chi connectivity index (χ0n) is 10.1. The number of rotatable bonds is 3. The van der Waals surface area contributed by atoms with E-state index in [4.69, 9.17) is 5.26 Å². The second-order valence-electron chi connectivity index (χ2n) is 4.07. The first kappa shape index (κ1) is 14.4. The second-order valence-corrected chi connectivity index (χ2v) is 4.93. The van der Waals surface area contributed by atoms with Crippen LogP contribution in [0.5, 0.6) is 0 Å². The van der Waals surface area contributed by atoms with Gasteiger partial charge in [-0.15, -0.1) is 0 Å². The Labute approximate surface area is 122 Å². The van der Waals surface area contributed by atoms with Gasteiger partial charge in [-0.05, 0) is 24.3 Å². The molecule has 0 aliphatic heterocycles. The van der Waals surface area contributed by atoms with Crippen LogP contribution in [0, 0.1) is 23.0 Å². The van der Waals surface area contributed by atoms with E-state index in [0.29, 0.717) is 4.47 Å². The molecule has 0 heterocycles. The summed E-state index contributed by atoms with van der Waals surface area (Å²) >= 11 is 3.13. The Kier molecular flexibility index (Phi) is 4.26. The maximum atomic E-state index is 13.7. The maximum absolute atomic E-state index is 13.7. The SMILES string of the molecule is N#CC(C(=O)c1cc(F)ccc1Br)c1ccccc1F. The second kappa shape index (κ2) is 5.93. The van der Waals surface area contributed by atoms with Crippen LogP contribution in [0.1, 0.15) is 21.8 Å². The lowest BCUT2D eigenvalue weighted by atomic mass is 9.91. The van der Waals surface area contributed by atoms with Crippen LogP contribution >= 0.6 is 15.9 Å². The fourth-order valence-corrected chi connectivity index (χ4v) is 2.26. The van der Waals surface area contributed by atoms with Crippen molar-refractivity contribution in [1.82, 2.24) is 0 Å². The molecule has 20 heavy (non-hydrogen) atoms. The molecule has 1 unspecified atom stereocenters. The molecule has 0 spiro atoms. The van der Waals surface area contributed by atoms with E-state index in [1.807, 2.05) is 0 Å². The van der Waals surface area contributed by atoms with E-state index in [9.17, 15) is 13.6 Å². The number of carbonyl (C=O) groups is 1. The Morgan fingerprint density at radius 1 is 1.20 bits per heavy atom. The molecule has 5 heteroatoms. The van der Waals surface area contributed by atoms with E-state index in [1.54, 1.807) is 6.07 Å². The van der Waals surface area contributed by atoms with Gasteiger partial charge in [0.05, 0.1) is 6.07 Å². The van der Waals surface area contributed by atoms with Crippen molar-refractivity contribution in [3.8, 4) is 6.07 Å². The number of hydrogen-bond acceptors (Lipinski definition) is 2. The van der Waals surface area contributed by atoms with E-state index in [1.165, 1.54) is 36.4 Å². The van der Waals surface area contributed by atoms with Gasteiger partial charge >= 0.3 is 0 Å². The summed E-state index contributed by atoms with van der Waals surface area (Å²) in [5.41, 5.74) is -0.00374. The lowest BCUT2D eigenvalue weighted by Gasteiger charge is -2.11. The van der Waals surface area contributed by atoms with E-state index in [0.717, 1.165) is 6.07 Å². The molecule has 2 nitrogen and oxygen atoms in total. The third-order valence-corrected chi connectivity index (χ3v) is 3.49. The molecule has 0 bridgehead atoms. The number of halogens is 3. The quantitative estimate of drug-likeness (QED) is 0.788. The summed E-state index contributed by atoms with van der Waals surface area (Å²) < 4.78 is 27.3. The zero-order valence-corrected chi connectivity index (χ0v) is 11.7. The molecule has 0 aliphatic carbocycles. The average Bonchev–Trinajstić information content (AvgIpc) is 2.44. The van der Waals surface area contributed by atoms with E-state index < -0.39 is 23.3 Å². The summed E-state index contributed by atoms with van der Waals surface area (Å²) in [6.07, 6.45) is 0. The third-order valence-electron chi connectivity index (χ3n) is 2.80. The Morgan fingerprint density at radius 2 is 1.90 bits per heavy atom. The third kappa shape index (κ3) is 2.75. The Bertz CT molecular complexity index is 709. The fourth-order valence-electron chi connectivity index (χ4n) is 1.82. The molecule has 0 N–H and O–H groups in total. The predicted molar refractivity (Wildman–Crippen MR) is 73.2 cm³/mol. The molecule has 100 valence electrons. The van der Waals surface area contributed by atoms with E-state index in [2.05, 4.69) is 15.9 Å². The van der Waals surface area contributed by atoms with Gasteiger partial charge in [-0.1, -0.05) is 34.1 Å². The molecule has 0 saturated heterocycles. The number of Topliss-reactive ketones (excluding diaryl/α,β-unsaturated/α-hetero) is 1. The minimum Gasteiger partial charge on any atom is -0.292 e. The minimum atomic E-state index is -1.31. The molecule has 2 rings (SSSR count). The van der Waals surface area contributed by atoms with Crippen molar-refractivity contribution in [2.24, 2.45) is 0 Å². The topological polar surface area (TPSA) is 40.9 Å². The largest absolute Gasteiger partial charge is 0.292 e. The van der Waals surface area contributed by atoms with Crippen LogP contribution in [0.15, 0.2) is 46.9 Å². The van der Waals surface area contributed by atoms with Crippen molar-refractivity contribution in [1.29, 1.82) is 5.26 Å². The van der Waals surface area contributed by atoms with Crippen molar-refractivity contribution in [2.45, 2.75) is 5.92 Å². The average molecular weight is 336 g/mol. The summed E-state index contributed by atoms with van der Waals surface area (Å²) in [6, 6.07) is 10.9. The highest BCUT2D eigenvalue weighted by molar-refractivity contribution is 9.10. The summed E-state index contributed by atoms with van der Waals surface area (Å²) in [7, 11) is 0. The maximum Gasteiger partial charge on any atom is 0.185 e. The Balaban J connectivity index is 2.48. The lowest BCUT2D eigenvalue weighted by molar-refractivity contribution is 0.0976. The normalized spacial score (nSPS) is 11.7. The number of ketones is 1. The molecule has 0 aromatic heterocycles. The fraction of sp³-hybridized carbons (Fsp3) is 0.0667. The van der Waals surface area contributed by atoms with Crippen molar-refractivity contribution in [3.63, 3.8) is 0 Å². The van der Waals surface area contributed by atoms with Gasteiger partial charge in [-0.2, -0.15) is 5.26 Å². The van der Waals surface area contributed by atoms with Crippen molar-refractivity contribution >= 4 is 21.7 Å². The van der Waals surface area contributed by atoms with Crippen LogP contribution in [0.25, 0.3) is 0 Å². The number of hydrogen-bond donors (Lipinski definition) is 0. The molecule has 0 fully saturated rings. The monoisotopic (exact) mass is 335 g/mol. The van der Waals surface area contributed by atoms with E-state index >= 15 is 0 Å². The minimum absolute atomic E-state index is 0.0137. The number of carbonyl (C=O) groups excluding carboxylic acids is 1. The number of nitrogens with zero attached hydrogens (tertiary/aromatic N) is 1. The van der Waals surface area contributed by atoms with Crippen LogP contribution in [0.4, 0.5) is 8.78 Å². The smallest absolute Gasteiger partial charge is 0.185 e. The summed E-state index contributed by atoms with van der Waals surface area (Å²) in [6.45, 7) is 0. The molecular weight excluding hydrogens is 328 g/mol. The standard InChI is InChI=1S/C15H8BrF2NO/c16-13-6-5-9(17)7-11(13)15(20)12(8-19)10-3-1-2-4-14(10)18/h1-7,12H. The van der Waals surface area contributed by atoms with Crippen molar-refractivity contribution in [2.75, 3.05) is 0 Å². The first-order chi connectivity index (χ1) is 9.54. The van der Waals surface area contributed by atoms with E-state index in [-0.39, 0.29) is 11.1 Å². The lowest BCUT2D eigenvalue weighted by Crippen LogP contribution is -2.13. The highest BCUT2D eigenvalue weighted by atomic mass is 79.9. The Hall–Kier alpha value is -2.06. The van der Waals surface area contributed by atoms with Gasteiger partial charge in [0.1, 0.15) is 17.6 Å². The summed E-state index contributed by atoms with van der Waals surface area (Å²) in [4.78, 5) is 12.3. The van der Waals surface area contributed by atoms with Crippen LogP contribution in [0.2, 0.25) is 0 Å². The Morgan fingerprint density at radius 3 is 2.55 bits per heavy atom. The van der Waals surface area contributed by atoms with Gasteiger partial charge < -0.3 is 0 Å². The van der Waals surface area contributed by atoms with Gasteiger partial charge in [0.15, 0.2) is 5.78 Å². The molecule has 0 amide bonds. The number of nitriles is 1. The van der Waals surface area contributed by atoms with Gasteiger partial charge in [0.25, 0.3) is 0 Å². The zero-order chi connectivity index (χ0) is 14.7. The predicted octanol–water partition coefficient (Wildman–Crippen LogP) is 4.22. The summed E-state index contributed by atoms with van der Waals surface area (Å²) in [5, 5.41) is 9.15. The van der Waals surface area contributed by atoms with Gasteiger partial charge in [0.2, 0.25) is 0 Å². The molecular formula is C15H8BrF2NO.